The maximum Gasteiger partial charge on any atom is 0.0894 e. The predicted octanol–water partition coefficient (Wildman–Crippen LogP) is 2.54. The molecule has 0 spiro atoms. The van der Waals surface area contributed by atoms with Crippen molar-refractivity contribution >= 4 is 31.9 Å². The van der Waals surface area contributed by atoms with Gasteiger partial charge in [-0.25, -0.2) is 0 Å². The summed E-state index contributed by atoms with van der Waals surface area (Å²) in [4.78, 5) is 2.30. The molecule has 1 saturated heterocycles. The second kappa shape index (κ2) is 5.80. The van der Waals surface area contributed by atoms with Crippen molar-refractivity contribution in [3.63, 3.8) is 0 Å². The molecule has 1 aliphatic heterocycles. The number of halogens is 2. The van der Waals surface area contributed by atoms with Gasteiger partial charge in [0.25, 0.3) is 0 Å². The van der Waals surface area contributed by atoms with Crippen molar-refractivity contribution in [3.05, 3.63) is 32.7 Å². The number of benzene rings is 1. The molecule has 2 rings (SSSR count). The number of ether oxygens (including phenoxy) is 1. The van der Waals surface area contributed by atoms with E-state index in [0.29, 0.717) is 6.54 Å². The number of morpholine rings is 1. The normalized spacial score (nSPS) is 26.1. The van der Waals surface area contributed by atoms with Crippen LogP contribution < -0.4 is 5.73 Å². The Hall–Kier alpha value is 0.0600. The Bertz CT molecular complexity index is 400. The van der Waals surface area contributed by atoms with Crippen molar-refractivity contribution in [1.29, 1.82) is 0 Å². The van der Waals surface area contributed by atoms with E-state index in [-0.39, 0.29) is 12.1 Å². The summed E-state index contributed by atoms with van der Waals surface area (Å²) in [6, 6.07) is 6.53. The van der Waals surface area contributed by atoms with Crippen LogP contribution in [0.3, 0.4) is 0 Å². The van der Waals surface area contributed by atoms with Gasteiger partial charge in [-0.05, 0) is 56.6 Å². The molecule has 1 fully saturated rings. The highest BCUT2D eigenvalue weighted by molar-refractivity contribution is 9.13. The Morgan fingerprint density at radius 3 is 2.82 bits per heavy atom. The quantitative estimate of drug-likeness (QED) is 0.877. The van der Waals surface area contributed by atoms with Gasteiger partial charge in [-0.2, -0.15) is 0 Å². The lowest BCUT2D eigenvalue weighted by Crippen LogP contribution is -2.46. The van der Waals surface area contributed by atoms with Crippen LogP contribution in [-0.2, 0) is 4.74 Å². The minimum Gasteiger partial charge on any atom is -0.374 e. The molecule has 0 radical (unpaired) electrons. The molecule has 1 heterocycles. The Kier molecular flexibility index (Phi) is 4.60. The van der Waals surface area contributed by atoms with Crippen LogP contribution in [-0.4, -0.2) is 37.7 Å². The second-order valence-corrected chi connectivity index (χ2v) is 5.95. The molecule has 94 valence electrons. The summed E-state index contributed by atoms with van der Waals surface area (Å²) in [5, 5.41) is 0. The first kappa shape index (κ1) is 13.5. The molecule has 2 unspecified atom stereocenters. The van der Waals surface area contributed by atoms with E-state index >= 15 is 0 Å². The number of hydrogen-bond donors (Lipinski definition) is 1. The van der Waals surface area contributed by atoms with Crippen LogP contribution in [0.5, 0.6) is 0 Å². The molecular weight excluding hydrogens is 348 g/mol. The van der Waals surface area contributed by atoms with Crippen LogP contribution in [0.25, 0.3) is 0 Å². The zero-order valence-corrected chi connectivity index (χ0v) is 12.9. The molecule has 0 saturated carbocycles. The maximum absolute atomic E-state index is 5.79. The minimum absolute atomic E-state index is 0.0711. The lowest BCUT2D eigenvalue weighted by Gasteiger charge is -2.39. The molecule has 0 aromatic heterocycles. The fourth-order valence-electron chi connectivity index (χ4n) is 2.22. The number of hydrogen-bond acceptors (Lipinski definition) is 3. The van der Waals surface area contributed by atoms with Crippen LogP contribution in [0, 0.1) is 0 Å². The standard InChI is InChI=1S/C12H16Br2N2O/c1-16-4-5-17-11(7-15)12(16)8-2-3-9(13)10(14)6-8/h2-3,6,11-12H,4-5,7,15H2,1H3. The summed E-state index contributed by atoms with van der Waals surface area (Å²) in [7, 11) is 2.12. The van der Waals surface area contributed by atoms with Crippen LogP contribution in [0.1, 0.15) is 11.6 Å². The van der Waals surface area contributed by atoms with E-state index in [1.54, 1.807) is 0 Å². The smallest absolute Gasteiger partial charge is 0.0894 e. The number of rotatable bonds is 2. The zero-order chi connectivity index (χ0) is 12.4. The van der Waals surface area contributed by atoms with Crippen LogP contribution in [0.15, 0.2) is 27.1 Å². The number of nitrogens with two attached hydrogens (primary N) is 1. The third-order valence-electron chi connectivity index (χ3n) is 3.12. The number of nitrogens with zero attached hydrogens (tertiary/aromatic N) is 1. The van der Waals surface area contributed by atoms with Gasteiger partial charge in [-0.3, -0.25) is 4.90 Å². The highest BCUT2D eigenvalue weighted by atomic mass is 79.9. The first-order valence-corrected chi connectivity index (χ1v) is 7.19. The molecule has 0 aliphatic carbocycles. The highest BCUT2D eigenvalue weighted by Crippen LogP contribution is 2.32. The van der Waals surface area contributed by atoms with Gasteiger partial charge in [0.05, 0.1) is 18.8 Å². The van der Waals surface area contributed by atoms with Gasteiger partial charge < -0.3 is 10.5 Å². The first-order valence-electron chi connectivity index (χ1n) is 5.60. The van der Waals surface area contributed by atoms with Crippen LogP contribution in [0.2, 0.25) is 0 Å². The second-order valence-electron chi connectivity index (χ2n) is 4.24. The SMILES string of the molecule is CN1CCOC(CN)C1c1ccc(Br)c(Br)c1. The predicted molar refractivity (Wildman–Crippen MR) is 76.0 cm³/mol. The van der Waals surface area contributed by atoms with Gasteiger partial charge >= 0.3 is 0 Å². The molecule has 1 aromatic carbocycles. The Balaban J connectivity index is 2.31. The Labute approximate surface area is 119 Å². The number of likely N-dealkylation sites (N-methyl/N-ethyl adjacent to an activating group) is 1. The van der Waals surface area contributed by atoms with E-state index in [2.05, 4.69) is 62.0 Å². The summed E-state index contributed by atoms with van der Waals surface area (Å²) < 4.78 is 7.86. The molecule has 1 aromatic rings. The van der Waals surface area contributed by atoms with Crippen molar-refractivity contribution in [2.45, 2.75) is 12.1 Å². The van der Waals surface area contributed by atoms with E-state index in [4.69, 9.17) is 10.5 Å². The third kappa shape index (κ3) is 2.90. The van der Waals surface area contributed by atoms with E-state index in [1.807, 2.05) is 0 Å². The monoisotopic (exact) mass is 362 g/mol. The van der Waals surface area contributed by atoms with Gasteiger partial charge in [-0.15, -0.1) is 0 Å². The third-order valence-corrected chi connectivity index (χ3v) is 5.00. The summed E-state index contributed by atoms with van der Waals surface area (Å²) in [5.41, 5.74) is 7.02. The first-order chi connectivity index (χ1) is 8.13. The molecule has 5 heteroatoms. The van der Waals surface area contributed by atoms with Crippen molar-refractivity contribution in [2.75, 3.05) is 26.7 Å². The lowest BCUT2D eigenvalue weighted by atomic mass is 9.98. The van der Waals surface area contributed by atoms with Gasteiger partial charge in [0.2, 0.25) is 0 Å². The average Bonchev–Trinajstić information content (AvgIpc) is 2.32. The van der Waals surface area contributed by atoms with Crippen molar-refractivity contribution < 1.29 is 4.74 Å². The zero-order valence-electron chi connectivity index (χ0n) is 9.70. The van der Waals surface area contributed by atoms with Gasteiger partial charge in [-0.1, -0.05) is 6.07 Å². The summed E-state index contributed by atoms with van der Waals surface area (Å²) in [6.45, 7) is 2.24. The molecule has 17 heavy (non-hydrogen) atoms. The van der Waals surface area contributed by atoms with Gasteiger partial charge in [0, 0.05) is 22.0 Å². The van der Waals surface area contributed by atoms with Gasteiger partial charge in [0.15, 0.2) is 0 Å². The summed E-state index contributed by atoms with van der Waals surface area (Å²) in [6.07, 6.45) is 0.0711. The van der Waals surface area contributed by atoms with E-state index in [9.17, 15) is 0 Å². The van der Waals surface area contributed by atoms with Crippen molar-refractivity contribution in [3.8, 4) is 0 Å². The fraction of sp³-hybridized carbons (Fsp3) is 0.500. The minimum atomic E-state index is 0.0711. The highest BCUT2D eigenvalue weighted by Gasteiger charge is 2.30. The Morgan fingerprint density at radius 2 is 2.18 bits per heavy atom. The topological polar surface area (TPSA) is 38.5 Å². The summed E-state index contributed by atoms with van der Waals surface area (Å²) in [5.74, 6) is 0. The fourth-order valence-corrected chi connectivity index (χ4v) is 2.87. The lowest BCUT2D eigenvalue weighted by molar-refractivity contribution is -0.0576. The molecule has 0 amide bonds. The van der Waals surface area contributed by atoms with E-state index in [0.717, 1.165) is 22.1 Å². The largest absolute Gasteiger partial charge is 0.374 e. The average molecular weight is 364 g/mol. The molecule has 3 nitrogen and oxygen atoms in total. The van der Waals surface area contributed by atoms with Gasteiger partial charge in [0.1, 0.15) is 0 Å². The molecule has 2 atom stereocenters. The van der Waals surface area contributed by atoms with Crippen LogP contribution in [0.4, 0.5) is 0 Å². The molecule has 2 N–H and O–H groups in total. The molecule has 1 aliphatic rings. The van der Waals surface area contributed by atoms with Crippen LogP contribution >= 0.6 is 31.9 Å². The molecule has 0 bridgehead atoms. The maximum atomic E-state index is 5.79. The Morgan fingerprint density at radius 1 is 1.41 bits per heavy atom. The molecular formula is C12H16Br2N2O. The van der Waals surface area contributed by atoms with E-state index in [1.165, 1.54) is 5.56 Å². The van der Waals surface area contributed by atoms with E-state index < -0.39 is 0 Å². The summed E-state index contributed by atoms with van der Waals surface area (Å²) >= 11 is 7.02. The van der Waals surface area contributed by atoms with Crippen molar-refractivity contribution in [2.24, 2.45) is 5.73 Å². The van der Waals surface area contributed by atoms with Crippen molar-refractivity contribution in [1.82, 2.24) is 4.90 Å².